The number of rotatable bonds is 3. The maximum absolute atomic E-state index is 12.1. The third-order valence-electron chi connectivity index (χ3n) is 2.97. The van der Waals surface area contributed by atoms with E-state index in [1.54, 1.807) is 18.3 Å². The summed E-state index contributed by atoms with van der Waals surface area (Å²) >= 11 is 0. The Hall–Kier alpha value is -2.95. The molecule has 0 saturated heterocycles. The number of pyridine rings is 1. The van der Waals surface area contributed by atoms with Crippen LogP contribution < -0.4 is 5.32 Å². The highest BCUT2D eigenvalue weighted by atomic mass is 16.5. The van der Waals surface area contributed by atoms with Gasteiger partial charge in [-0.05, 0) is 19.1 Å². The van der Waals surface area contributed by atoms with E-state index in [1.165, 1.54) is 0 Å². The fraction of sp³-hybridized carbons (Fsp3) is 0.0625. The van der Waals surface area contributed by atoms with E-state index in [2.05, 4.69) is 15.5 Å². The van der Waals surface area contributed by atoms with E-state index in [1.807, 2.05) is 43.3 Å². The second kappa shape index (κ2) is 5.58. The first kappa shape index (κ1) is 13.1. The van der Waals surface area contributed by atoms with Crippen molar-refractivity contribution in [2.24, 2.45) is 0 Å². The van der Waals surface area contributed by atoms with Gasteiger partial charge in [0.05, 0.1) is 11.9 Å². The van der Waals surface area contributed by atoms with Crippen LogP contribution in [0.2, 0.25) is 0 Å². The number of nitrogens with zero attached hydrogens (tertiary/aromatic N) is 2. The van der Waals surface area contributed by atoms with Crippen LogP contribution in [-0.4, -0.2) is 16.0 Å². The number of aromatic nitrogens is 2. The van der Waals surface area contributed by atoms with Gasteiger partial charge < -0.3 is 9.84 Å². The first-order valence-corrected chi connectivity index (χ1v) is 6.48. The van der Waals surface area contributed by atoms with Crippen LogP contribution in [0, 0.1) is 6.92 Å². The van der Waals surface area contributed by atoms with Crippen LogP contribution in [-0.2, 0) is 0 Å². The monoisotopic (exact) mass is 279 g/mol. The summed E-state index contributed by atoms with van der Waals surface area (Å²) in [6, 6.07) is 14.7. The maximum atomic E-state index is 12.1. The molecule has 0 aliphatic heterocycles. The molecule has 0 atom stereocenters. The molecule has 3 rings (SSSR count). The van der Waals surface area contributed by atoms with Crippen LogP contribution in [0.15, 0.2) is 59.3 Å². The highest BCUT2D eigenvalue weighted by Gasteiger charge is 2.13. The molecule has 5 heteroatoms. The molecule has 0 unspecified atom stereocenters. The summed E-state index contributed by atoms with van der Waals surface area (Å²) in [6.07, 6.45) is 1.60. The van der Waals surface area contributed by atoms with Gasteiger partial charge in [0.25, 0.3) is 5.91 Å². The number of hydrogen-bond donors (Lipinski definition) is 1. The van der Waals surface area contributed by atoms with Crippen LogP contribution in [0.4, 0.5) is 5.69 Å². The molecule has 0 fully saturated rings. The molecule has 3 aromatic rings. The summed E-state index contributed by atoms with van der Waals surface area (Å²) in [6.45, 7) is 1.88. The highest BCUT2D eigenvalue weighted by Crippen LogP contribution is 2.20. The Labute approximate surface area is 121 Å². The standard InChI is InChI=1S/C16H13N3O2/c1-11-7-8-13(10-17-11)18-16(20)14-9-15(21-19-14)12-5-3-2-4-6-12/h2-10H,1H3,(H,18,20). The average Bonchev–Trinajstić information content (AvgIpc) is 3.00. The predicted molar refractivity (Wildman–Crippen MR) is 78.9 cm³/mol. The minimum atomic E-state index is -0.327. The number of carbonyl (C=O) groups excluding carboxylic acids is 1. The Balaban J connectivity index is 1.77. The lowest BCUT2D eigenvalue weighted by atomic mass is 10.1. The van der Waals surface area contributed by atoms with Crippen molar-refractivity contribution in [1.82, 2.24) is 10.1 Å². The van der Waals surface area contributed by atoms with Crippen molar-refractivity contribution in [1.29, 1.82) is 0 Å². The normalized spacial score (nSPS) is 10.3. The number of nitrogens with one attached hydrogen (secondary N) is 1. The van der Waals surface area contributed by atoms with Gasteiger partial charge in [-0.25, -0.2) is 0 Å². The largest absolute Gasteiger partial charge is 0.355 e. The molecule has 1 N–H and O–H groups in total. The van der Waals surface area contributed by atoms with Crippen molar-refractivity contribution < 1.29 is 9.32 Å². The molecule has 0 radical (unpaired) electrons. The quantitative estimate of drug-likeness (QED) is 0.798. The van der Waals surface area contributed by atoms with E-state index in [-0.39, 0.29) is 11.6 Å². The summed E-state index contributed by atoms with van der Waals surface area (Å²) in [5, 5.41) is 6.53. The van der Waals surface area contributed by atoms with E-state index in [0.717, 1.165) is 11.3 Å². The van der Waals surface area contributed by atoms with Crippen molar-refractivity contribution in [3.8, 4) is 11.3 Å². The second-order valence-electron chi connectivity index (χ2n) is 4.58. The summed E-state index contributed by atoms with van der Waals surface area (Å²) in [7, 11) is 0. The van der Waals surface area contributed by atoms with Crippen molar-refractivity contribution >= 4 is 11.6 Å². The zero-order valence-corrected chi connectivity index (χ0v) is 11.4. The molecule has 104 valence electrons. The summed E-state index contributed by atoms with van der Waals surface area (Å²) in [5.41, 5.74) is 2.62. The molecule has 0 bridgehead atoms. The zero-order valence-electron chi connectivity index (χ0n) is 11.4. The molecule has 2 heterocycles. The van der Waals surface area contributed by atoms with Gasteiger partial charge in [-0.15, -0.1) is 0 Å². The van der Waals surface area contributed by atoms with Crippen molar-refractivity contribution in [3.63, 3.8) is 0 Å². The van der Waals surface area contributed by atoms with Gasteiger partial charge in [-0.1, -0.05) is 35.5 Å². The molecule has 0 aliphatic carbocycles. The van der Waals surface area contributed by atoms with Gasteiger partial charge in [-0.3, -0.25) is 9.78 Å². The van der Waals surface area contributed by atoms with E-state index in [4.69, 9.17) is 4.52 Å². The molecule has 1 aromatic carbocycles. The first-order chi connectivity index (χ1) is 10.2. The number of benzene rings is 1. The van der Waals surface area contributed by atoms with Crippen LogP contribution in [0.5, 0.6) is 0 Å². The first-order valence-electron chi connectivity index (χ1n) is 6.48. The lowest BCUT2D eigenvalue weighted by molar-refractivity contribution is 0.101. The lowest BCUT2D eigenvalue weighted by Crippen LogP contribution is -2.12. The van der Waals surface area contributed by atoms with Gasteiger partial charge in [0, 0.05) is 17.3 Å². The Kier molecular flexibility index (Phi) is 3.47. The van der Waals surface area contributed by atoms with Crippen LogP contribution in [0.25, 0.3) is 11.3 Å². The van der Waals surface area contributed by atoms with Crippen LogP contribution in [0.3, 0.4) is 0 Å². The van der Waals surface area contributed by atoms with Crippen molar-refractivity contribution in [2.45, 2.75) is 6.92 Å². The zero-order chi connectivity index (χ0) is 14.7. The minimum Gasteiger partial charge on any atom is -0.355 e. The van der Waals surface area contributed by atoms with E-state index >= 15 is 0 Å². The van der Waals surface area contributed by atoms with Crippen molar-refractivity contribution in [2.75, 3.05) is 5.32 Å². The third kappa shape index (κ3) is 2.97. The molecule has 21 heavy (non-hydrogen) atoms. The summed E-state index contributed by atoms with van der Waals surface area (Å²) in [5.74, 6) is 0.231. The molecular formula is C16H13N3O2. The van der Waals surface area contributed by atoms with Gasteiger partial charge in [-0.2, -0.15) is 0 Å². The number of anilines is 1. The number of amides is 1. The highest BCUT2D eigenvalue weighted by molar-refractivity contribution is 6.03. The molecular weight excluding hydrogens is 266 g/mol. The van der Waals surface area contributed by atoms with Gasteiger partial charge in [0.15, 0.2) is 11.5 Å². The fourth-order valence-electron chi connectivity index (χ4n) is 1.86. The SMILES string of the molecule is Cc1ccc(NC(=O)c2cc(-c3ccccc3)on2)cn1. The van der Waals surface area contributed by atoms with Gasteiger partial charge in [0.1, 0.15) is 0 Å². The Morgan fingerprint density at radius 1 is 1.14 bits per heavy atom. The molecule has 0 aliphatic rings. The minimum absolute atomic E-state index is 0.231. The summed E-state index contributed by atoms with van der Waals surface area (Å²) < 4.78 is 5.20. The lowest BCUT2D eigenvalue weighted by Gasteiger charge is -2.01. The Morgan fingerprint density at radius 2 is 1.95 bits per heavy atom. The molecule has 1 amide bonds. The topological polar surface area (TPSA) is 68.0 Å². The third-order valence-corrected chi connectivity index (χ3v) is 2.97. The van der Waals surface area contributed by atoms with E-state index in [0.29, 0.717) is 11.4 Å². The Morgan fingerprint density at radius 3 is 2.67 bits per heavy atom. The van der Waals surface area contributed by atoms with Crippen LogP contribution >= 0.6 is 0 Å². The van der Waals surface area contributed by atoms with E-state index in [9.17, 15) is 4.79 Å². The van der Waals surface area contributed by atoms with E-state index < -0.39 is 0 Å². The summed E-state index contributed by atoms with van der Waals surface area (Å²) in [4.78, 5) is 16.2. The van der Waals surface area contributed by atoms with Crippen LogP contribution in [0.1, 0.15) is 16.2 Å². The Bertz CT molecular complexity index is 749. The smallest absolute Gasteiger partial charge is 0.277 e. The number of carbonyl (C=O) groups is 1. The molecule has 0 saturated carbocycles. The second-order valence-corrected chi connectivity index (χ2v) is 4.58. The molecule has 0 spiro atoms. The number of aryl methyl sites for hydroxylation is 1. The number of hydrogen-bond acceptors (Lipinski definition) is 4. The van der Waals surface area contributed by atoms with Gasteiger partial charge in [0.2, 0.25) is 0 Å². The average molecular weight is 279 g/mol. The predicted octanol–water partition coefficient (Wildman–Crippen LogP) is 3.30. The fourth-order valence-corrected chi connectivity index (χ4v) is 1.86. The maximum Gasteiger partial charge on any atom is 0.277 e. The molecule has 5 nitrogen and oxygen atoms in total. The molecule has 2 aromatic heterocycles. The van der Waals surface area contributed by atoms with Gasteiger partial charge >= 0.3 is 0 Å². The van der Waals surface area contributed by atoms with Crippen molar-refractivity contribution in [3.05, 3.63) is 66.1 Å².